The Morgan fingerprint density at radius 3 is 2.50 bits per heavy atom. The monoisotopic (exact) mass is 275 g/mol. The Labute approximate surface area is 124 Å². The summed E-state index contributed by atoms with van der Waals surface area (Å²) >= 11 is 0. The molecule has 0 aromatic heterocycles. The molecule has 0 unspecified atom stereocenters. The second-order valence-electron chi connectivity index (χ2n) is 5.77. The van der Waals surface area contributed by atoms with Crippen molar-refractivity contribution >= 4 is 0 Å². The van der Waals surface area contributed by atoms with Gasteiger partial charge in [-0.25, -0.2) is 0 Å². The zero-order valence-electron chi connectivity index (χ0n) is 13.3. The van der Waals surface area contributed by atoms with Crippen LogP contribution in [-0.2, 0) is 6.42 Å². The summed E-state index contributed by atoms with van der Waals surface area (Å²) in [6.07, 6.45) is 5.98. The normalized spacial score (nSPS) is 17.5. The summed E-state index contributed by atoms with van der Waals surface area (Å²) in [6, 6.07) is 7.15. The van der Waals surface area contributed by atoms with E-state index in [0.29, 0.717) is 6.04 Å². The van der Waals surface area contributed by atoms with Crippen molar-refractivity contribution in [2.45, 2.75) is 58.9 Å². The molecule has 112 valence electrons. The number of aryl methyl sites for hydroxylation is 1. The molecule has 0 fully saturated rings. The van der Waals surface area contributed by atoms with Crippen molar-refractivity contribution in [3.8, 4) is 5.75 Å². The lowest BCUT2D eigenvalue weighted by Crippen LogP contribution is -2.29. The number of hydrogen-bond acceptors (Lipinski definition) is 2. The first-order valence-corrected chi connectivity index (χ1v) is 8.30. The van der Waals surface area contributed by atoms with Gasteiger partial charge in [0.1, 0.15) is 5.75 Å². The van der Waals surface area contributed by atoms with Crippen molar-refractivity contribution < 1.29 is 4.74 Å². The van der Waals surface area contributed by atoms with Gasteiger partial charge in [0.25, 0.3) is 0 Å². The minimum absolute atomic E-state index is 0.568. The van der Waals surface area contributed by atoms with Crippen LogP contribution in [0.2, 0.25) is 0 Å². The summed E-state index contributed by atoms with van der Waals surface area (Å²) in [5.41, 5.74) is 2.98. The second-order valence-corrected chi connectivity index (χ2v) is 5.77. The quantitative estimate of drug-likeness (QED) is 0.688. The van der Waals surface area contributed by atoms with E-state index in [1.807, 2.05) is 0 Å². The standard InChI is InChI=1S/C18H29NO/c1-4-12-19(13-5-2)16-11-10-15-8-7-9-17(18(15)16)20-14-6-3/h7-9,16H,4-6,10-14H2,1-3H3/t16-/m0/s1. The Morgan fingerprint density at radius 1 is 1.10 bits per heavy atom. The van der Waals surface area contributed by atoms with Crippen LogP contribution < -0.4 is 4.74 Å². The lowest BCUT2D eigenvalue weighted by molar-refractivity contribution is 0.192. The summed E-state index contributed by atoms with van der Waals surface area (Å²) in [7, 11) is 0. The molecule has 0 spiro atoms. The highest BCUT2D eigenvalue weighted by atomic mass is 16.5. The fraction of sp³-hybridized carbons (Fsp3) is 0.667. The van der Waals surface area contributed by atoms with Crippen molar-refractivity contribution in [1.82, 2.24) is 4.90 Å². The Hall–Kier alpha value is -1.02. The number of rotatable bonds is 8. The Bertz CT molecular complexity index is 410. The molecule has 0 amide bonds. The molecule has 2 heteroatoms. The van der Waals surface area contributed by atoms with Gasteiger partial charge in [-0.15, -0.1) is 0 Å². The average Bonchev–Trinajstić information content (AvgIpc) is 2.89. The van der Waals surface area contributed by atoms with Gasteiger partial charge in [-0.2, -0.15) is 0 Å². The van der Waals surface area contributed by atoms with E-state index in [-0.39, 0.29) is 0 Å². The number of nitrogens with zero attached hydrogens (tertiary/aromatic N) is 1. The van der Waals surface area contributed by atoms with Gasteiger partial charge in [-0.3, -0.25) is 4.90 Å². The lowest BCUT2D eigenvalue weighted by Gasteiger charge is -2.30. The van der Waals surface area contributed by atoms with Crippen LogP contribution in [0.25, 0.3) is 0 Å². The van der Waals surface area contributed by atoms with E-state index in [2.05, 4.69) is 43.9 Å². The van der Waals surface area contributed by atoms with Crippen molar-refractivity contribution in [3.63, 3.8) is 0 Å². The molecule has 0 saturated heterocycles. The van der Waals surface area contributed by atoms with Crippen molar-refractivity contribution in [3.05, 3.63) is 29.3 Å². The van der Waals surface area contributed by atoms with Gasteiger partial charge < -0.3 is 4.74 Å². The molecule has 1 aliphatic carbocycles. The van der Waals surface area contributed by atoms with Crippen LogP contribution in [0.5, 0.6) is 5.75 Å². The molecule has 0 saturated carbocycles. The van der Waals surface area contributed by atoms with Crippen LogP contribution in [0.1, 0.15) is 63.6 Å². The summed E-state index contributed by atoms with van der Waals surface area (Å²) in [5.74, 6) is 1.13. The van der Waals surface area contributed by atoms with Crippen molar-refractivity contribution in [2.24, 2.45) is 0 Å². The molecular formula is C18H29NO. The van der Waals surface area contributed by atoms with Crippen LogP contribution in [0.4, 0.5) is 0 Å². The van der Waals surface area contributed by atoms with Gasteiger partial charge in [-0.05, 0) is 56.8 Å². The van der Waals surface area contributed by atoms with Crippen LogP contribution in [0.3, 0.4) is 0 Å². The van der Waals surface area contributed by atoms with Crippen LogP contribution >= 0.6 is 0 Å². The maximum atomic E-state index is 6.01. The third-order valence-electron chi connectivity index (χ3n) is 4.10. The Morgan fingerprint density at radius 2 is 1.85 bits per heavy atom. The third kappa shape index (κ3) is 3.35. The molecule has 2 nitrogen and oxygen atoms in total. The van der Waals surface area contributed by atoms with Gasteiger partial charge in [0.2, 0.25) is 0 Å². The van der Waals surface area contributed by atoms with Crippen LogP contribution in [0.15, 0.2) is 18.2 Å². The molecule has 0 bridgehead atoms. The highest BCUT2D eigenvalue weighted by Gasteiger charge is 2.30. The predicted octanol–water partition coefficient (Wildman–Crippen LogP) is 4.58. The molecule has 0 heterocycles. The molecule has 20 heavy (non-hydrogen) atoms. The SMILES string of the molecule is CCCOc1cccc2c1[C@@H](N(CCC)CCC)CC2. The van der Waals surface area contributed by atoms with Gasteiger partial charge in [0, 0.05) is 11.6 Å². The second kappa shape index (κ2) is 7.68. The molecule has 1 aromatic rings. The Balaban J connectivity index is 2.24. The molecular weight excluding hydrogens is 246 g/mol. The van der Waals surface area contributed by atoms with E-state index in [4.69, 9.17) is 4.74 Å². The number of benzene rings is 1. The van der Waals surface area contributed by atoms with E-state index in [1.54, 1.807) is 0 Å². The molecule has 2 rings (SSSR count). The maximum Gasteiger partial charge on any atom is 0.124 e. The predicted molar refractivity (Wildman–Crippen MR) is 85.4 cm³/mol. The molecule has 0 N–H and O–H groups in total. The first-order valence-electron chi connectivity index (χ1n) is 8.30. The topological polar surface area (TPSA) is 12.5 Å². The summed E-state index contributed by atoms with van der Waals surface area (Å²) in [5, 5.41) is 0. The van der Waals surface area contributed by atoms with Crippen LogP contribution in [-0.4, -0.2) is 24.6 Å². The van der Waals surface area contributed by atoms with Crippen molar-refractivity contribution in [1.29, 1.82) is 0 Å². The third-order valence-corrected chi connectivity index (χ3v) is 4.10. The number of fused-ring (bicyclic) bond motifs is 1. The molecule has 1 aliphatic rings. The molecule has 1 atom stereocenters. The minimum atomic E-state index is 0.568. The van der Waals surface area contributed by atoms with E-state index in [0.717, 1.165) is 18.8 Å². The zero-order chi connectivity index (χ0) is 14.4. The Kier molecular flexibility index (Phi) is 5.90. The van der Waals surface area contributed by atoms with Gasteiger partial charge in [-0.1, -0.05) is 32.9 Å². The highest BCUT2D eigenvalue weighted by Crippen LogP contribution is 2.41. The van der Waals surface area contributed by atoms with Gasteiger partial charge in [0.15, 0.2) is 0 Å². The van der Waals surface area contributed by atoms with Crippen molar-refractivity contribution in [2.75, 3.05) is 19.7 Å². The molecule has 0 aliphatic heterocycles. The van der Waals surface area contributed by atoms with E-state index < -0.39 is 0 Å². The van der Waals surface area contributed by atoms with E-state index >= 15 is 0 Å². The highest BCUT2D eigenvalue weighted by molar-refractivity contribution is 5.45. The van der Waals surface area contributed by atoms with E-state index in [9.17, 15) is 0 Å². The summed E-state index contributed by atoms with van der Waals surface area (Å²) in [6.45, 7) is 9.93. The molecule has 0 radical (unpaired) electrons. The lowest BCUT2D eigenvalue weighted by atomic mass is 10.0. The van der Waals surface area contributed by atoms with Crippen LogP contribution in [0, 0.1) is 0 Å². The summed E-state index contributed by atoms with van der Waals surface area (Å²) in [4.78, 5) is 2.66. The minimum Gasteiger partial charge on any atom is -0.493 e. The first kappa shape index (κ1) is 15.4. The van der Waals surface area contributed by atoms with E-state index in [1.165, 1.54) is 49.9 Å². The number of ether oxygens (including phenoxy) is 1. The largest absolute Gasteiger partial charge is 0.493 e. The average molecular weight is 275 g/mol. The maximum absolute atomic E-state index is 6.01. The molecule has 1 aromatic carbocycles. The zero-order valence-corrected chi connectivity index (χ0v) is 13.3. The number of hydrogen-bond donors (Lipinski definition) is 0. The smallest absolute Gasteiger partial charge is 0.124 e. The fourth-order valence-electron chi connectivity index (χ4n) is 3.32. The first-order chi connectivity index (χ1) is 9.81. The fourth-order valence-corrected chi connectivity index (χ4v) is 3.32. The van der Waals surface area contributed by atoms with Gasteiger partial charge >= 0.3 is 0 Å². The summed E-state index contributed by atoms with van der Waals surface area (Å²) < 4.78 is 6.01. The van der Waals surface area contributed by atoms with Gasteiger partial charge in [0.05, 0.1) is 6.61 Å².